The SMILES string of the molecule is CCN1C(=O)C2C(N=C3N(c4cc(C)ccc4C)C(C)=CN32)N(C)C1=O. The van der Waals surface area contributed by atoms with Gasteiger partial charge in [-0.15, -0.1) is 0 Å². The molecule has 2 atom stereocenters. The zero-order valence-corrected chi connectivity index (χ0v) is 15.7. The Morgan fingerprint density at radius 1 is 1.15 bits per heavy atom. The number of fused-ring (bicyclic) bond motifs is 3. The fraction of sp³-hybridized carbons (Fsp3) is 0.421. The van der Waals surface area contributed by atoms with Gasteiger partial charge in [0, 0.05) is 25.5 Å². The molecule has 1 aromatic rings. The first kappa shape index (κ1) is 16.6. The molecule has 0 bridgehead atoms. The molecule has 0 N–H and O–H groups in total. The number of hydrogen-bond donors (Lipinski definition) is 0. The molecule has 0 spiro atoms. The van der Waals surface area contributed by atoms with E-state index in [1.54, 1.807) is 11.9 Å². The van der Waals surface area contributed by atoms with Crippen molar-refractivity contribution in [1.29, 1.82) is 0 Å². The summed E-state index contributed by atoms with van der Waals surface area (Å²) in [4.78, 5) is 37.0. The number of hydrogen-bond acceptors (Lipinski definition) is 5. The van der Waals surface area contributed by atoms with E-state index in [2.05, 4.69) is 36.9 Å². The van der Waals surface area contributed by atoms with Crippen molar-refractivity contribution in [2.45, 2.75) is 39.9 Å². The number of likely N-dealkylation sites (N-methyl/N-ethyl adjacent to an activating group) is 2. The fourth-order valence-corrected chi connectivity index (χ4v) is 3.90. The highest BCUT2D eigenvalue weighted by molar-refractivity contribution is 6.10. The first-order valence-corrected chi connectivity index (χ1v) is 8.85. The van der Waals surface area contributed by atoms with E-state index in [1.165, 1.54) is 4.90 Å². The van der Waals surface area contributed by atoms with Crippen LogP contribution in [0.1, 0.15) is 25.0 Å². The molecule has 0 aromatic heterocycles. The number of allylic oxidation sites excluding steroid dienone is 1. The van der Waals surface area contributed by atoms with Crippen LogP contribution >= 0.6 is 0 Å². The number of carbonyl (C=O) groups excluding carboxylic acids is 2. The maximum Gasteiger partial charge on any atom is 0.328 e. The lowest BCUT2D eigenvalue weighted by molar-refractivity contribution is -0.136. The van der Waals surface area contributed by atoms with Gasteiger partial charge in [-0.3, -0.25) is 14.6 Å². The summed E-state index contributed by atoms with van der Waals surface area (Å²) in [7, 11) is 1.71. The van der Waals surface area contributed by atoms with Crippen LogP contribution in [0.4, 0.5) is 10.5 Å². The predicted octanol–water partition coefficient (Wildman–Crippen LogP) is 2.26. The smallest absolute Gasteiger partial charge is 0.302 e. The average Bonchev–Trinajstić information content (AvgIpc) is 3.10. The largest absolute Gasteiger partial charge is 0.328 e. The van der Waals surface area contributed by atoms with E-state index in [9.17, 15) is 9.59 Å². The molecule has 4 rings (SSSR count). The Labute approximate surface area is 153 Å². The predicted molar refractivity (Wildman–Crippen MR) is 99.5 cm³/mol. The number of aliphatic imine (C=N–C) groups is 1. The summed E-state index contributed by atoms with van der Waals surface area (Å²) in [5, 5.41) is 0. The van der Waals surface area contributed by atoms with Gasteiger partial charge in [0.1, 0.15) is 0 Å². The Hall–Kier alpha value is -2.83. The zero-order valence-electron chi connectivity index (χ0n) is 15.7. The molecule has 0 saturated carbocycles. The highest BCUT2D eigenvalue weighted by atomic mass is 16.2. The number of rotatable bonds is 2. The van der Waals surface area contributed by atoms with Gasteiger partial charge in [-0.2, -0.15) is 0 Å². The zero-order chi connectivity index (χ0) is 18.7. The van der Waals surface area contributed by atoms with Crippen molar-refractivity contribution in [3.8, 4) is 0 Å². The van der Waals surface area contributed by atoms with Gasteiger partial charge in [0.05, 0.1) is 5.69 Å². The monoisotopic (exact) mass is 353 g/mol. The number of anilines is 1. The van der Waals surface area contributed by atoms with E-state index in [1.807, 2.05) is 24.9 Å². The van der Waals surface area contributed by atoms with Crippen molar-refractivity contribution in [3.63, 3.8) is 0 Å². The van der Waals surface area contributed by atoms with E-state index >= 15 is 0 Å². The Balaban J connectivity index is 1.79. The van der Waals surface area contributed by atoms with E-state index in [4.69, 9.17) is 4.99 Å². The summed E-state index contributed by atoms with van der Waals surface area (Å²) in [5.74, 6) is 0.517. The third-order valence-corrected chi connectivity index (χ3v) is 5.31. The molecule has 3 amide bonds. The summed E-state index contributed by atoms with van der Waals surface area (Å²) in [6.45, 7) is 8.30. The molecule has 1 aromatic carbocycles. The normalized spacial score (nSPS) is 24.8. The standard InChI is InChI=1S/C19H23N5O2/c1-6-22-17(25)15-16(21(5)19(22)26)20-18-23(15)10-13(4)24(18)14-9-11(2)7-8-12(14)3/h7-10,15-16H,6H2,1-5H3. The third-order valence-electron chi connectivity index (χ3n) is 5.31. The van der Waals surface area contributed by atoms with Crippen molar-refractivity contribution in [1.82, 2.24) is 14.7 Å². The molecule has 136 valence electrons. The lowest BCUT2D eigenvalue weighted by Crippen LogP contribution is -2.64. The van der Waals surface area contributed by atoms with Gasteiger partial charge in [0.25, 0.3) is 5.91 Å². The van der Waals surface area contributed by atoms with E-state index in [-0.39, 0.29) is 11.9 Å². The highest BCUT2D eigenvalue weighted by Crippen LogP contribution is 2.37. The van der Waals surface area contributed by atoms with Crippen LogP contribution in [0.2, 0.25) is 0 Å². The van der Waals surface area contributed by atoms with Crippen LogP contribution in [0.5, 0.6) is 0 Å². The van der Waals surface area contributed by atoms with Crippen molar-refractivity contribution < 1.29 is 9.59 Å². The Bertz CT molecular complexity index is 875. The molecule has 0 radical (unpaired) electrons. The van der Waals surface area contributed by atoms with E-state index in [0.29, 0.717) is 12.5 Å². The molecule has 7 heteroatoms. The van der Waals surface area contributed by atoms with Crippen LogP contribution in [0, 0.1) is 13.8 Å². The lowest BCUT2D eigenvalue weighted by Gasteiger charge is -2.39. The number of guanidine groups is 1. The van der Waals surface area contributed by atoms with E-state index < -0.39 is 12.2 Å². The maximum atomic E-state index is 12.9. The molecule has 7 nitrogen and oxygen atoms in total. The minimum absolute atomic E-state index is 0.189. The number of urea groups is 1. The molecule has 0 aliphatic carbocycles. The Morgan fingerprint density at radius 3 is 2.58 bits per heavy atom. The van der Waals surface area contributed by atoms with Gasteiger partial charge in [-0.1, -0.05) is 12.1 Å². The average molecular weight is 353 g/mol. The molecule has 3 aliphatic heterocycles. The number of carbonyl (C=O) groups is 2. The second kappa shape index (κ2) is 5.59. The summed E-state index contributed by atoms with van der Waals surface area (Å²) < 4.78 is 0. The molecule has 3 heterocycles. The molecule has 26 heavy (non-hydrogen) atoms. The topological polar surface area (TPSA) is 59.5 Å². The second-order valence-corrected chi connectivity index (χ2v) is 7.07. The van der Waals surface area contributed by atoms with E-state index in [0.717, 1.165) is 22.5 Å². The van der Waals surface area contributed by atoms with Crippen molar-refractivity contribution in [2.75, 3.05) is 18.5 Å². The number of imide groups is 1. The van der Waals surface area contributed by atoms with Crippen LogP contribution in [0.25, 0.3) is 0 Å². The number of nitrogens with zero attached hydrogens (tertiary/aromatic N) is 5. The minimum Gasteiger partial charge on any atom is -0.302 e. The second-order valence-electron chi connectivity index (χ2n) is 7.07. The summed E-state index contributed by atoms with van der Waals surface area (Å²) in [6.07, 6.45) is 1.46. The third kappa shape index (κ3) is 2.09. The van der Waals surface area contributed by atoms with Gasteiger partial charge in [0.15, 0.2) is 12.2 Å². The molecule has 3 aliphatic rings. The van der Waals surface area contributed by atoms with Gasteiger partial charge >= 0.3 is 6.03 Å². The van der Waals surface area contributed by atoms with Crippen molar-refractivity contribution in [2.24, 2.45) is 4.99 Å². The van der Waals surface area contributed by atoms with Crippen LogP contribution in [-0.2, 0) is 4.79 Å². The van der Waals surface area contributed by atoms with Gasteiger partial charge < -0.3 is 9.80 Å². The lowest BCUT2D eigenvalue weighted by atomic mass is 10.1. The molecule has 2 unspecified atom stereocenters. The van der Waals surface area contributed by atoms with Crippen LogP contribution < -0.4 is 4.90 Å². The van der Waals surface area contributed by atoms with Gasteiger partial charge in [0.2, 0.25) is 5.96 Å². The first-order valence-electron chi connectivity index (χ1n) is 8.85. The molecule has 1 saturated heterocycles. The Morgan fingerprint density at radius 2 is 1.88 bits per heavy atom. The summed E-state index contributed by atoms with van der Waals surface area (Å²) in [5.41, 5.74) is 4.35. The highest BCUT2D eigenvalue weighted by Gasteiger charge is 2.54. The Kier molecular flexibility index (Phi) is 3.57. The first-order chi connectivity index (χ1) is 12.3. The van der Waals surface area contributed by atoms with Crippen LogP contribution in [0.3, 0.4) is 0 Å². The summed E-state index contributed by atoms with van der Waals surface area (Å²) in [6, 6.07) is 5.50. The van der Waals surface area contributed by atoms with Crippen LogP contribution in [0.15, 0.2) is 35.1 Å². The number of benzene rings is 1. The number of amides is 3. The quantitative estimate of drug-likeness (QED) is 0.818. The van der Waals surface area contributed by atoms with Crippen LogP contribution in [-0.4, -0.2) is 58.4 Å². The summed E-state index contributed by atoms with van der Waals surface area (Å²) >= 11 is 0. The van der Waals surface area contributed by atoms with Gasteiger partial charge in [-0.25, -0.2) is 9.79 Å². The minimum atomic E-state index is -0.502. The van der Waals surface area contributed by atoms with Crippen molar-refractivity contribution >= 4 is 23.6 Å². The maximum absolute atomic E-state index is 12.9. The molecule has 1 fully saturated rings. The van der Waals surface area contributed by atoms with Crippen molar-refractivity contribution in [3.05, 3.63) is 41.2 Å². The molecular weight excluding hydrogens is 330 g/mol. The number of aryl methyl sites for hydroxylation is 2. The van der Waals surface area contributed by atoms with Gasteiger partial charge in [-0.05, 0) is 44.9 Å². The fourth-order valence-electron chi connectivity index (χ4n) is 3.90. The molecular formula is C19H23N5O2.